The second kappa shape index (κ2) is 7.50. The van der Waals surface area contributed by atoms with E-state index in [1.165, 1.54) is 88.2 Å². The molecule has 0 radical (unpaired) electrons. The number of hydrogen-bond donors (Lipinski definition) is 1. The van der Waals surface area contributed by atoms with Crippen LogP contribution in [-0.2, 0) is 12.8 Å². The van der Waals surface area contributed by atoms with Crippen LogP contribution in [0, 0.1) is 10.8 Å². The Kier molecular flexibility index (Phi) is 5.57. The molecule has 0 saturated heterocycles. The van der Waals surface area contributed by atoms with Crippen molar-refractivity contribution in [1.29, 1.82) is 0 Å². The van der Waals surface area contributed by atoms with Gasteiger partial charge in [0.05, 0.1) is 0 Å². The average molecular weight is 329 g/mol. The van der Waals surface area contributed by atoms with Crippen LogP contribution in [0.1, 0.15) is 95.6 Å². The van der Waals surface area contributed by atoms with E-state index in [2.05, 4.69) is 19.9 Å². The van der Waals surface area contributed by atoms with E-state index in [9.17, 15) is 5.11 Å². The van der Waals surface area contributed by atoms with Gasteiger partial charge in [-0.15, -0.1) is 0 Å². The quantitative estimate of drug-likeness (QED) is 0.442. The Labute approximate surface area is 148 Å². The summed E-state index contributed by atoms with van der Waals surface area (Å²) in [5.74, 6) is 0.435. The molecule has 1 N–H and O–H groups in total. The van der Waals surface area contributed by atoms with Gasteiger partial charge in [-0.25, -0.2) is 0 Å². The summed E-state index contributed by atoms with van der Waals surface area (Å²) in [4.78, 5) is 0. The molecule has 0 atom stereocenters. The molecule has 2 saturated carbocycles. The van der Waals surface area contributed by atoms with Crippen molar-refractivity contribution in [3.8, 4) is 5.75 Å². The molecular formula is C23H36O. The summed E-state index contributed by atoms with van der Waals surface area (Å²) in [5.41, 5.74) is 4.26. The molecule has 134 valence electrons. The molecule has 0 aromatic heterocycles. The summed E-state index contributed by atoms with van der Waals surface area (Å²) < 4.78 is 0. The highest BCUT2D eigenvalue weighted by molar-refractivity contribution is 5.35. The van der Waals surface area contributed by atoms with Gasteiger partial charge in [-0.3, -0.25) is 0 Å². The highest BCUT2D eigenvalue weighted by Crippen LogP contribution is 2.49. The van der Waals surface area contributed by atoms with Gasteiger partial charge >= 0.3 is 0 Å². The van der Waals surface area contributed by atoms with Crippen molar-refractivity contribution in [3.63, 3.8) is 0 Å². The number of unbranched alkanes of at least 4 members (excludes halogenated alkanes) is 3. The summed E-state index contributed by atoms with van der Waals surface area (Å²) in [7, 11) is 0. The SMILES string of the molecule is CC1(CCCCCc2ccc(O)cc2CCCCC2(C)CC2)CC1. The van der Waals surface area contributed by atoms with E-state index in [1.807, 2.05) is 12.1 Å². The van der Waals surface area contributed by atoms with Crippen LogP contribution >= 0.6 is 0 Å². The van der Waals surface area contributed by atoms with Gasteiger partial charge in [0.2, 0.25) is 0 Å². The first kappa shape index (κ1) is 17.8. The van der Waals surface area contributed by atoms with Crippen LogP contribution in [0.4, 0.5) is 0 Å². The lowest BCUT2D eigenvalue weighted by molar-refractivity contribution is 0.469. The van der Waals surface area contributed by atoms with Crippen LogP contribution in [0.25, 0.3) is 0 Å². The van der Waals surface area contributed by atoms with Crippen LogP contribution in [-0.4, -0.2) is 5.11 Å². The molecule has 0 bridgehead atoms. The van der Waals surface area contributed by atoms with Crippen LogP contribution in [0.15, 0.2) is 18.2 Å². The van der Waals surface area contributed by atoms with E-state index < -0.39 is 0 Å². The van der Waals surface area contributed by atoms with Gasteiger partial charge in [-0.1, -0.05) is 39.2 Å². The molecule has 2 aliphatic carbocycles. The van der Waals surface area contributed by atoms with E-state index >= 15 is 0 Å². The molecule has 2 aliphatic rings. The first-order valence-electron chi connectivity index (χ1n) is 10.3. The highest BCUT2D eigenvalue weighted by Gasteiger charge is 2.36. The minimum Gasteiger partial charge on any atom is -0.508 e. The number of benzene rings is 1. The fourth-order valence-corrected chi connectivity index (χ4v) is 3.93. The Balaban J connectivity index is 1.39. The molecular weight excluding hydrogens is 292 g/mol. The van der Waals surface area contributed by atoms with E-state index in [0.717, 1.165) is 6.42 Å². The monoisotopic (exact) mass is 328 g/mol. The maximum Gasteiger partial charge on any atom is 0.115 e. The molecule has 0 spiro atoms. The third-order valence-corrected chi connectivity index (χ3v) is 6.60. The largest absolute Gasteiger partial charge is 0.508 e. The predicted octanol–water partition coefficient (Wildman–Crippen LogP) is 6.81. The van der Waals surface area contributed by atoms with Crippen molar-refractivity contribution in [2.75, 3.05) is 0 Å². The van der Waals surface area contributed by atoms with Crippen LogP contribution in [0.5, 0.6) is 5.75 Å². The highest BCUT2D eigenvalue weighted by atomic mass is 16.3. The lowest BCUT2D eigenvalue weighted by atomic mass is 9.94. The van der Waals surface area contributed by atoms with E-state index in [-0.39, 0.29) is 0 Å². The second-order valence-electron chi connectivity index (χ2n) is 9.34. The predicted molar refractivity (Wildman–Crippen MR) is 103 cm³/mol. The number of phenolic OH excluding ortho intramolecular Hbond substituents is 1. The summed E-state index contributed by atoms with van der Waals surface area (Å²) >= 11 is 0. The summed E-state index contributed by atoms with van der Waals surface area (Å²) in [6, 6.07) is 6.05. The summed E-state index contributed by atoms with van der Waals surface area (Å²) in [5, 5.41) is 9.84. The van der Waals surface area contributed by atoms with Gasteiger partial charge < -0.3 is 5.11 Å². The van der Waals surface area contributed by atoms with Crippen molar-refractivity contribution in [2.24, 2.45) is 10.8 Å². The van der Waals surface area contributed by atoms with Crippen LogP contribution in [0.2, 0.25) is 0 Å². The molecule has 2 fully saturated rings. The van der Waals surface area contributed by atoms with E-state index in [4.69, 9.17) is 0 Å². The zero-order chi connectivity index (χ0) is 17.0. The molecule has 0 aliphatic heterocycles. The van der Waals surface area contributed by atoms with Crippen molar-refractivity contribution >= 4 is 0 Å². The molecule has 0 amide bonds. The minimum absolute atomic E-state index is 0.435. The second-order valence-corrected chi connectivity index (χ2v) is 9.34. The summed E-state index contributed by atoms with van der Waals surface area (Å²) in [6.45, 7) is 4.86. The minimum atomic E-state index is 0.435. The summed E-state index contributed by atoms with van der Waals surface area (Å²) in [6.07, 6.45) is 17.6. The standard InChI is InChI=1S/C23H36O/c1-22(14-15-22)12-6-3-4-8-19-10-11-21(24)18-20(19)9-5-7-13-23(2)16-17-23/h10-11,18,24H,3-9,12-17H2,1-2H3. The molecule has 1 heteroatoms. The molecule has 0 heterocycles. The number of hydrogen-bond acceptors (Lipinski definition) is 1. The number of rotatable bonds is 11. The third-order valence-electron chi connectivity index (χ3n) is 6.60. The Bertz CT molecular complexity index is 537. The zero-order valence-electron chi connectivity index (χ0n) is 15.9. The van der Waals surface area contributed by atoms with Crippen LogP contribution < -0.4 is 0 Å². The fourth-order valence-electron chi connectivity index (χ4n) is 3.93. The fraction of sp³-hybridized carbons (Fsp3) is 0.739. The van der Waals surface area contributed by atoms with Crippen molar-refractivity contribution < 1.29 is 5.11 Å². The van der Waals surface area contributed by atoms with Gasteiger partial charge in [-0.05, 0) is 98.3 Å². The maximum absolute atomic E-state index is 9.84. The topological polar surface area (TPSA) is 20.2 Å². The number of aromatic hydroxyl groups is 1. The smallest absolute Gasteiger partial charge is 0.115 e. The van der Waals surface area contributed by atoms with E-state index in [0.29, 0.717) is 16.6 Å². The molecule has 3 rings (SSSR count). The zero-order valence-corrected chi connectivity index (χ0v) is 15.9. The Morgan fingerprint density at radius 1 is 0.750 bits per heavy atom. The van der Waals surface area contributed by atoms with Crippen molar-refractivity contribution in [1.82, 2.24) is 0 Å². The van der Waals surface area contributed by atoms with Gasteiger partial charge in [0.15, 0.2) is 0 Å². The Hall–Kier alpha value is -0.980. The Morgan fingerprint density at radius 2 is 1.29 bits per heavy atom. The maximum atomic E-state index is 9.84. The lowest BCUT2D eigenvalue weighted by Gasteiger charge is -2.12. The van der Waals surface area contributed by atoms with Crippen molar-refractivity contribution in [2.45, 2.75) is 97.3 Å². The van der Waals surface area contributed by atoms with E-state index in [1.54, 1.807) is 0 Å². The molecule has 1 aromatic carbocycles. The Morgan fingerprint density at radius 3 is 1.92 bits per heavy atom. The first-order valence-corrected chi connectivity index (χ1v) is 10.3. The van der Waals surface area contributed by atoms with Gasteiger partial charge in [0.1, 0.15) is 5.75 Å². The van der Waals surface area contributed by atoms with Crippen molar-refractivity contribution in [3.05, 3.63) is 29.3 Å². The molecule has 24 heavy (non-hydrogen) atoms. The van der Waals surface area contributed by atoms with Crippen LogP contribution in [0.3, 0.4) is 0 Å². The number of phenols is 1. The average Bonchev–Trinajstić information content (AvgIpc) is 3.46. The normalized spacial score (nSPS) is 20.1. The van der Waals surface area contributed by atoms with Gasteiger partial charge in [0, 0.05) is 0 Å². The molecule has 0 unspecified atom stereocenters. The number of aryl methyl sites for hydroxylation is 2. The van der Waals surface area contributed by atoms with Gasteiger partial charge in [0.25, 0.3) is 0 Å². The third kappa shape index (κ3) is 5.53. The molecule has 1 aromatic rings. The lowest BCUT2D eigenvalue weighted by Crippen LogP contribution is -1.98. The first-order chi connectivity index (χ1) is 11.5. The van der Waals surface area contributed by atoms with Gasteiger partial charge in [-0.2, -0.15) is 0 Å². The molecule has 1 nitrogen and oxygen atoms in total.